The van der Waals surface area contributed by atoms with Crippen molar-refractivity contribution in [3.63, 3.8) is 0 Å². The lowest BCUT2D eigenvalue weighted by Crippen LogP contribution is -2.51. The number of carbonyl (C=O) groups is 2. The van der Waals surface area contributed by atoms with Crippen molar-refractivity contribution in [2.75, 3.05) is 13.7 Å². The van der Waals surface area contributed by atoms with Gasteiger partial charge in [0.15, 0.2) is 0 Å². The van der Waals surface area contributed by atoms with Crippen LogP contribution in [0.25, 0.3) is 22.4 Å². The smallest absolute Gasteiger partial charge is 0.407 e. The maximum atomic E-state index is 13.9. The summed E-state index contributed by atoms with van der Waals surface area (Å²) >= 11 is 0. The predicted molar refractivity (Wildman–Crippen MR) is 165 cm³/mol. The van der Waals surface area contributed by atoms with Gasteiger partial charge < -0.3 is 19.9 Å². The second kappa shape index (κ2) is 11.6. The minimum absolute atomic E-state index is 0.0199. The van der Waals surface area contributed by atoms with Gasteiger partial charge in [-0.05, 0) is 89.7 Å². The number of rotatable bonds is 8. The van der Waals surface area contributed by atoms with E-state index in [1.165, 1.54) is 43.1 Å². The average molecular weight is 569 g/mol. The van der Waals surface area contributed by atoms with Gasteiger partial charge in [-0.15, -0.1) is 0 Å². The largest absolute Gasteiger partial charge is 0.453 e. The molecule has 2 fully saturated rings. The SMILES string of the molecule is CC[C@H]1C[C@@H](c2ncc(-c3ccc(-c4ccc(C)c5c4C4CCC5C4)cc3)[nH]2)N(C(=O)[C@@H](NC(=O)OC)[C@@H](C)CC)C1. The molecule has 2 amide bonds. The van der Waals surface area contributed by atoms with Gasteiger partial charge in [0.2, 0.25) is 5.91 Å². The highest BCUT2D eigenvalue weighted by Gasteiger charge is 2.42. The molecule has 1 saturated carbocycles. The van der Waals surface area contributed by atoms with Crippen LogP contribution in [0.3, 0.4) is 0 Å². The molecule has 222 valence electrons. The normalized spacial score (nSPS) is 24.0. The van der Waals surface area contributed by atoms with Gasteiger partial charge in [-0.2, -0.15) is 0 Å². The van der Waals surface area contributed by atoms with Crippen LogP contribution in [0, 0.1) is 18.8 Å². The first-order valence-electron chi connectivity index (χ1n) is 15.8. The third-order valence-electron chi connectivity index (χ3n) is 10.4. The van der Waals surface area contributed by atoms with Crippen LogP contribution >= 0.6 is 0 Å². The summed E-state index contributed by atoms with van der Waals surface area (Å²) in [7, 11) is 1.33. The fraction of sp³-hybridized carbons (Fsp3) is 0.514. The topological polar surface area (TPSA) is 87.3 Å². The Balaban J connectivity index is 1.24. The second-order valence-electron chi connectivity index (χ2n) is 12.7. The summed E-state index contributed by atoms with van der Waals surface area (Å²) in [6.07, 6.45) is 7.88. The van der Waals surface area contributed by atoms with Gasteiger partial charge in [-0.3, -0.25) is 4.79 Å². The van der Waals surface area contributed by atoms with E-state index in [2.05, 4.69) is 60.5 Å². The van der Waals surface area contributed by atoms with Crippen LogP contribution in [0.5, 0.6) is 0 Å². The van der Waals surface area contributed by atoms with Crippen LogP contribution in [0.1, 0.15) is 99.7 Å². The van der Waals surface area contributed by atoms with Gasteiger partial charge in [0.1, 0.15) is 11.9 Å². The van der Waals surface area contributed by atoms with E-state index < -0.39 is 12.1 Å². The van der Waals surface area contributed by atoms with Crippen LogP contribution in [-0.4, -0.2) is 46.6 Å². The molecule has 1 aromatic heterocycles. The Bertz CT molecular complexity index is 1460. The first-order valence-corrected chi connectivity index (χ1v) is 15.8. The van der Waals surface area contributed by atoms with Crippen LogP contribution < -0.4 is 5.32 Å². The number of H-pyrrole nitrogens is 1. The van der Waals surface area contributed by atoms with Crippen LogP contribution in [0.4, 0.5) is 4.79 Å². The Hall–Kier alpha value is -3.61. The molecule has 2 aliphatic carbocycles. The number of alkyl carbamates (subject to hydrolysis) is 1. The number of imidazole rings is 1. The van der Waals surface area contributed by atoms with Crippen LogP contribution in [0.2, 0.25) is 0 Å². The molecule has 7 nitrogen and oxygen atoms in total. The second-order valence-corrected chi connectivity index (χ2v) is 12.7. The molecule has 0 radical (unpaired) electrons. The number of nitrogens with zero attached hydrogens (tertiary/aromatic N) is 2. The molecule has 3 aliphatic rings. The van der Waals surface area contributed by atoms with Gasteiger partial charge >= 0.3 is 6.09 Å². The van der Waals surface area contributed by atoms with Crippen molar-refractivity contribution in [1.29, 1.82) is 0 Å². The van der Waals surface area contributed by atoms with E-state index in [1.807, 2.05) is 24.9 Å². The van der Waals surface area contributed by atoms with Crippen molar-refractivity contribution in [3.8, 4) is 22.4 Å². The van der Waals surface area contributed by atoms with Crippen LogP contribution in [-0.2, 0) is 9.53 Å². The standard InChI is InChI=1S/C35H44N4O3/c1-6-20(3)32(38-35(41)42-5)34(40)39-19-22(7-2)16-29(39)33-36-18-28(37-33)24-11-9-23(10-12-24)27-15-8-21(4)30-25-13-14-26(17-25)31(27)30/h8-12,15,18,20,22,25-26,29,32H,6-7,13-14,16-17,19H2,1-5H3,(H,36,37)(H,38,41)/t20-,22-,25?,26?,29-,32-/m0/s1. The van der Waals surface area contributed by atoms with Crippen molar-refractivity contribution in [1.82, 2.24) is 20.2 Å². The molecule has 6 atom stereocenters. The average Bonchev–Trinajstić information content (AvgIpc) is 3.83. The Labute approximate surface area is 249 Å². The molecule has 42 heavy (non-hydrogen) atoms. The quantitative estimate of drug-likeness (QED) is 0.295. The molecular weight excluding hydrogens is 524 g/mol. The third-order valence-corrected chi connectivity index (χ3v) is 10.4. The molecule has 2 unspecified atom stereocenters. The number of nitrogens with one attached hydrogen (secondary N) is 2. The summed E-state index contributed by atoms with van der Waals surface area (Å²) in [4.78, 5) is 36.2. The van der Waals surface area contributed by atoms with Gasteiger partial charge in [0.25, 0.3) is 0 Å². The summed E-state index contributed by atoms with van der Waals surface area (Å²) in [5.41, 5.74) is 9.35. The third kappa shape index (κ3) is 5.01. The van der Waals surface area contributed by atoms with E-state index in [-0.39, 0.29) is 17.9 Å². The summed E-state index contributed by atoms with van der Waals surface area (Å²) in [6.45, 7) is 9.11. The Morgan fingerprint density at radius 3 is 2.45 bits per heavy atom. The van der Waals surface area contributed by atoms with Crippen molar-refractivity contribution in [2.24, 2.45) is 11.8 Å². The zero-order valence-corrected chi connectivity index (χ0v) is 25.6. The molecule has 3 aromatic rings. The lowest BCUT2D eigenvalue weighted by Gasteiger charge is -2.31. The molecule has 1 saturated heterocycles. The first kappa shape index (κ1) is 28.5. The maximum Gasteiger partial charge on any atom is 0.407 e. The molecule has 7 heteroatoms. The number of likely N-dealkylation sites (tertiary alicyclic amines) is 1. The van der Waals surface area contributed by atoms with Crippen molar-refractivity contribution >= 4 is 12.0 Å². The van der Waals surface area contributed by atoms with Crippen molar-refractivity contribution < 1.29 is 14.3 Å². The number of carbonyl (C=O) groups excluding carboxylic acids is 2. The van der Waals surface area contributed by atoms with E-state index in [4.69, 9.17) is 9.72 Å². The Kier molecular flexibility index (Phi) is 7.86. The fourth-order valence-corrected chi connectivity index (χ4v) is 7.74. The molecule has 2 aromatic carbocycles. The maximum absolute atomic E-state index is 13.9. The van der Waals surface area contributed by atoms with E-state index in [0.717, 1.165) is 42.3 Å². The zero-order chi connectivity index (χ0) is 29.5. The van der Waals surface area contributed by atoms with Crippen molar-refractivity contribution in [3.05, 3.63) is 65.1 Å². The number of aromatic nitrogens is 2. The Morgan fingerprint density at radius 2 is 1.76 bits per heavy atom. The highest BCUT2D eigenvalue weighted by molar-refractivity contribution is 5.86. The summed E-state index contributed by atoms with van der Waals surface area (Å²) in [6, 6.07) is 12.6. The fourth-order valence-electron chi connectivity index (χ4n) is 7.74. The highest BCUT2D eigenvalue weighted by Crippen LogP contribution is 2.56. The minimum Gasteiger partial charge on any atom is -0.453 e. The molecule has 1 aliphatic heterocycles. The highest BCUT2D eigenvalue weighted by atomic mass is 16.5. The monoisotopic (exact) mass is 568 g/mol. The summed E-state index contributed by atoms with van der Waals surface area (Å²) < 4.78 is 4.83. The van der Waals surface area contributed by atoms with Gasteiger partial charge in [-0.1, -0.05) is 70.0 Å². The van der Waals surface area contributed by atoms with Gasteiger partial charge in [0.05, 0.1) is 25.0 Å². The molecule has 2 bridgehead atoms. The van der Waals surface area contributed by atoms with Gasteiger partial charge in [-0.25, -0.2) is 9.78 Å². The number of hydrogen-bond acceptors (Lipinski definition) is 4. The van der Waals surface area contributed by atoms with E-state index in [1.54, 1.807) is 11.1 Å². The number of fused-ring (bicyclic) bond motifs is 5. The van der Waals surface area contributed by atoms with E-state index >= 15 is 0 Å². The molecule has 6 rings (SSSR count). The summed E-state index contributed by atoms with van der Waals surface area (Å²) in [5.74, 6) is 2.55. The van der Waals surface area contributed by atoms with Crippen LogP contribution in [0.15, 0.2) is 42.6 Å². The molecule has 0 spiro atoms. The van der Waals surface area contributed by atoms with Crippen molar-refractivity contribution in [2.45, 2.75) is 90.1 Å². The minimum atomic E-state index is -0.638. The van der Waals surface area contributed by atoms with Gasteiger partial charge in [0, 0.05) is 6.54 Å². The number of benzene rings is 2. The zero-order valence-electron chi connectivity index (χ0n) is 25.6. The summed E-state index contributed by atoms with van der Waals surface area (Å²) in [5, 5.41) is 2.79. The first-order chi connectivity index (χ1) is 20.3. The van der Waals surface area contributed by atoms with E-state index in [9.17, 15) is 9.59 Å². The molecule has 2 N–H and O–H groups in total. The Morgan fingerprint density at radius 1 is 1.05 bits per heavy atom. The molecule has 2 heterocycles. The lowest BCUT2D eigenvalue weighted by atomic mass is 9.83. The number of hydrogen-bond donors (Lipinski definition) is 2. The predicted octanol–water partition coefficient (Wildman–Crippen LogP) is 7.49. The number of methoxy groups -OCH3 is 1. The molecular formula is C35H44N4O3. The van der Waals surface area contributed by atoms with E-state index in [0.29, 0.717) is 18.4 Å². The number of aryl methyl sites for hydroxylation is 1. The number of ether oxygens (including phenoxy) is 1. The number of amides is 2. The lowest BCUT2D eigenvalue weighted by molar-refractivity contribution is -0.135. The number of aromatic amines is 1.